The number of hydrogen-bond donors (Lipinski definition) is 4. The molecule has 0 aliphatic rings. The Hall–Kier alpha value is -2.34. The van der Waals surface area contributed by atoms with Crippen LogP contribution in [0.1, 0.15) is 18.4 Å². The number of H-pyrrole nitrogens is 1. The van der Waals surface area contributed by atoms with Crippen molar-refractivity contribution in [2.75, 3.05) is 0 Å². The van der Waals surface area contributed by atoms with E-state index in [0.717, 1.165) is 5.56 Å². The lowest BCUT2D eigenvalue weighted by molar-refractivity contribution is -0.139. The van der Waals surface area contributed by atoms with Gasteiger partial charge in [0.1, 0.15) is 17.6 Å². The number of phenolic OH excluding ortho intramolecular Hbond substituents is 1. The van der Waals surface area contributed by atoms with E-state index in [1.807, 2.05) is 0 Å². The number of aromatic nitrogens is 2. The molecule has 6 nitrogen and oxygen atoms in total. The molecule has 0 radical (unpaired) electrons. The van der Waals surface area contributed by atoms with Gasteiger partial charge in [0.05, 0.1) is 5.56 Å². The lowest BCUT2D eigenvalue weighted by Crippen LogP contribution is -2.35. The Morgan fingerprint density at radius 3 is 2.79 bits per heavy atom. The van der Waals surface area contributed by atoms with Gasteiger partial charge >= 0.3 is 5.97 Å². The van der Waals surface area contributed by atoms with Crippen molar-refractivity contribution in [3.63, 3.8) is 0 Å². The molecule has 0 fully saturated rings. The second-order valence-electron chi connectivity index (χ2n) is 4.37. The summed E-state index contributed by atoms with van der Waals surface area (Å²) in [7, 11) is 0. The molecule has 100 valence electrons. The Morgan fingerprint density at radius 2 is 2.21 bits per heavy atom. The first-order valence-corrected chi connectivity index (χ1v) is 5.81. The molecule has 2 atom stereocenters. The summed E-state index contributed by atoms with van der Waals surface area (Å²) in [5.74, 6) is -0.822. The zero-order chi connectivity index (χ0) is 14.0. The number of phenols is 1. The molecule has 1 heterocycles. The zero-order valence-corrected chi connectivity index (χ0v) is 10.4. The van der Waals surface area contributed by atoms with Crippen molar-refractivity contribution < 1.29 is 15.0 Å². The Bertz CT molecular complexity index is 581. The molecule has 1 aromatic heterocycles. The van der Waals surface area contributed by atoms with Gasteiger partial charge in [0, 0.05) is 18.3 Å². The normalized spacial score (nSPS) is 14.0. The van der Waals surface area contributed by atoms with Crippen LogP contribution in [0.15, 0.2) is 30.6 Å². The van der Waals surface area contributed by atoms with Gasteiger partial charge in [-0.15, -0.1) is 0 Å². The van der Waals surface area contributed by atoms with Gasteiger partial charge in [0.2, 0.25) is 0 Å². The Balaban J connectivity index is 2.39. The van der Waals surface area contributed by atoms with Crippen LogP contribution in [0.25, 0.3) is 11.4 Å². The van der Waals surface area contributed by atoms with Gasteiger partial charge in [-0.3, -0.25) is 4.79 Å². The molecule has 0 spiro atoms. The average molecular weight is 261 g/mol. The van der Waals surface area contributed by atoms with Crippen molar-refractivity contribution >= 4 is 5.97 Å². The summed E-state index contributed by atoms with van der Waals surface area (Å²) in [6.07, 6.45) is 3.22. The van der Waals surface area contributed by atoms with Gasteiger partial charge in [0.15, 0.2) is 0 Å². The number of carboxylic acids is 1. The SMILES string of the molecule is CC(c1ccc(O)c(-c2ncc[nH]2)c1)[C@H](N)C(=O)O. The smallest absolute Gasteiger partial charge is 0.321 e. The number of nitrogens with two attached hydrogens (primary N) is 1. The third kappa shape index (κ3) is 2.58. The van der Waals surface area contributed by atoms with Crippen LogP contribution < -0.4 is 5.73 Å². The fourth-order valence-corrected chi connectivity index (χ4v) is 1.86. The van der Waals surface area contributed by atoms with Crippen molar-refractivity contribution in [1.29, 1.82) is 0 Å². The highest BCUT2D eigenvalue weighted by Crippen LogP contribution is 2.30. The van der Waals surface area contributed by atoms with E-state index in [4.69, 9.17) is 10.8 Å². The Morgan fingerprint density at radius 1 is 1.47 bits per heavy atom. The first-order valence-electron chi connectivity index (χ1n) is 5.81. The van der Waals surface area contributed by atoms with Crippen molar-refractivity contribution in [2.24, 2.45) is 5.73 Å². The summed E-state index contributed by atoms with van der Waals surface area (Å²) in [5.41, 5.74) is 6.87. The lowest BCUT2D eigenvalue weighted by Gasteiger charge is -2.17. The standard InChI is InChI=1S/C13H15N3O3/c1-7(11(14)13(18)19)8-2-3-10(17)9(6-8)12-15-4-5-16-12/h2-7,11,17H,14H2,1H3,(H,15,16)(H,18,19)/t7?,11-/m0/s1. The molecule has 0 bridgehead atoms. The monoisotopic (exact) mass is 261 g/mol. The Kier molecular flexibility index (Phi) is 3.52. The number of imidazole rings is 1. The van der Waals surface area contributed by atoms with E-state index in [1.54, 1.807) is 31.5 Å². The van der Waals surface area contributed by atoms with Crippen LogP contribution in [0.4, 0.5) is 0 Å². The van der Waals surface area contributed by atoms with E-state index in [2.05, 4.69) is 9.97 Å². The van der Waals surface area contributed by atoms with E-state index >= 15 is 0 Å². The molecule has 1 aromatic carbocycles. The van der Waals surface area contributed by atoms with Crippen molar-refractivity contribution in [3.05, 3.63) is 36.2 Å². The highest BCUT2D eigenvalue weighted by atomic mass is 16.4. The quantitative estimate of drug-likeness (QED) is 0.662. The summed E-state index contributed by atoms with van der Waals surface area (Å²) in [4.78, 5) is 17.9. The number of carbonyl (C=O) groups is 1. The number of hydrogen-bond acceptors (Lipinski definition) is 4. The molecule has 0 saturated heterocycles. The maximum atomic E-state index is 10.9. The number of rotatable bonds is 4. The van der Waals surface area contributed by atoms with Gasteiger partial charge < -0.3 is 20.9 Å². The van der Waals surface area contributed by atoms with Crippen LogP contribution in [0, 0.1) is 0 Å². The van der Waals surface area contributed by atoms with E-state index in [9.17, 15) is 9.90 Å². The predicted molar refractivity (Wildman–Crippen MR) is 69.7 cm³/mol. The van der Waals surface area contributed by atoms with E-state index in [0.29, 0.717) is 11.4 Å². The lowest BCUT2D eigenvalue weighted by atomic mass is 9.92. The van der Waals surface area contributed by atoms with Crippen LogP contribution in [0.2, 0.25) is 0 Å². The molecule has 5 N–H and O–H groups in total. The van der Waals surface area contributed by atoms with Gasteiger partial charge in [0.25, 0.3) is 0 Å². The minimum absolute atomic E-state index is 0.0785. The average Bonchev–Trinajstić information content (AvgIpc) is 2.91. The summed E-state index contributed by atoms with van der Waals surface area (Å²) in [6, 6.07) is 3.88. The van der Waals surface area contributed by atoms with Crippen LogP contribution in [0.3, 0.4) is 0 Å². The number of nitrogens with zero attached hydrogens (tertiary/aromatic N) is 1. The van der Waals surface area contributed by atoms with E-state index < -0.39 is 12.0 Å². The highest BCUT2D eigenvalue weighted by Gasteiger charge is 2.22. The van der Waals surface area contributed by atoms with Crippen LogP contribution >= 0.6 is 0 Å². The molecule has 6 heteroatoms. The second-order valence-corrected chi connectivity index (χ2v) is 4.37. The maximum absolute atomic E-state index is 10.9. The van der Waals surface area contributed by atoms with Crippen LogP contribution in [0.5, 0.6) is 5.75 Å². The predicted octanol–water partition coefficient (Wildman–Crippen LogP) is 1.30. The summed E-state index contributed by atoms with van der Waals surface area (Å²) < 4.78 is 0. The minimum atomic E-state index is -1.06. The highest BCUT2D eigenvalue weighted by molar-refractivity contribution is 5.75. The number of aromatic amines is 1. The molecule has 19 heavy (non-hydrogen) atoms. The van der Waals surface area contributed by atoms with Crippen LogP contribution in [-0.4, -0.2) is 32.2 Å². The second kappa shape index (κ2) is 5.11. The molecule has 1 unspecified atom stereocenters. The first kappa shape index (κ1) is 13.1. The molecule has 2 aromatic rings. The number of nitrogens with one attached hydrogen (secondary N) is 1. The number of benzene rings is 1. The molecule has 0 saturated carbocycles. The van der Waals surface area contributed by atoms with Crippen molar-refractivity contribution in [3.8, 4) is 17.1 Å². The van der Waals surface area contributed by atoms with Crippen LogP contribution in [-0.2, 0) is 4.79 Å². The summed E-state index contributed by atoms with van der Waals surface area (Å²) in [5, 5.41) is 18.8. The van der Waals surface area contributed by atoms with Gasteiger partial charge in [-0.25, -0.2) is 4.98 Å². The zero-order valence-electron chi connectivity index (χ0n) is 10.4. The van der Waals surface area contributed by atoms with E-state index in [1.165, 1.54) is 6.07 Å². The molecule has 2 rings (SSSR count). The largest absolute Gasteiger partial charge is 0.507 e. The summed E-state index contributed by atoms with van der Waals surface area (Å²) >= 11 is 0. The van der Waals surface area contributed by atoms with Crippen molar-refractivity contribution in [2.45, 2.75) is 18.9 Å². The third-order valence-electron chi connectivity index (χ3n) is 3.12. The topological polar surface area (TPSA) is 112 Å². The van der Waals surface area contributed by atoms with Crippen molar-refractivity contribution in [1.82, 2.24) is 9.97 Å². The molecular weight excluding hydrogens is 246 g/mol. The third-order valence-corrected chi connectivity index (χ3v) is 3.12. The minimum Gasteiger partial charge on any atom is -0.507 e. The number of aromatic hydroxyl groups is 1. The first-order chi connectivity index (χ1) is 9.00. The molecule has 0 aliphatic carbocycles. The molecule has 0 aliphatic heterocycles. The fourth-order valence-electron chi connectivity index (χ4n) is 1.86. The maximum Gasteiger partial charge on any atom is 0.321 e. The van der Waals surface area contributed by atoms with Gasteiger partial charge in [-0.2, -0.15) is 0 Å². The molecule has 0 amide bonds. The van der Waals surface area contributed by atoms with Gasteiger partial charge in [-0.05, 0) is 17.7 Å². The summed E-state index contributed by atoms with van der Waals surface area (Å²) in [6.45, 7) is 1.73. The van der Waals surface area contributed by atoms with Gasteiger partial charge in [-0.1, -0.05) is 13.0 Å². The van der Waals surface area contributed by atoms with E-state index in [-0.39, 0.29) is 11.7 Å². The Labute approximate surface area is 109 Å². The number of carboxylic acid groups (broad SMARTS) is 1. The number of aliphatic carboxylic acids is 1. The fraction of sp³-hybridized carbons (Fsp3) is 0.231. The molecular formula is C13H15N3O3.